The number of nitrogens with two attached hydrogens (primary N) is 1. The summed E-state index contributed by atoms with van der Waals surface area (Å²) in [5.41, 5.74) is 5.56. The number of hydrogen-bond acceptors (Lipinski definition) is 5. The van der Waals surface area contributed by atoms with Crippen molar-refractivity contribution in [2.24, 2.45) is 5.73 Å². The third-order valence-corrected chi connectivity index (χ3v) is 3.07. The number of methoxy groups -OCH3 is 1. The first-order valence-electron chi connectivity index (χ1n) is 5.07. The Bertz CT molecular complexity index is 290. The molecule has 0 bridgehead atoms. The maximum Gasteiger partial charge on any atom is 0.191 e. The Morgan fingerprint density at radius 3 is 2.87 bits per heavy atom. The van der Waals surface area contributed by atoms with Gasteiger partial charge in [-0.2, -0.15) is 0 Å². The monoisotopic (exact) mass is 230 g/mol. The van der Waals surface area contributed by atoms with E-state index in [1.165, 1.54) is 0 Å². The van der Waals surface area contributed by atoms with E-state index in [0.717, 1.165) is 36.3 Å². The molecule has 15 heavy (non-hydrogen) atoms. The molecule has 0 saturated heterocycles. The minimum atomic E-state index is 0.444. The molecule has 0 aliphatic heterocycles. The number of nitrogens with zero attached hydrogens (tertiary/aromatic N) is 3. The molecular weight excluding hydrogens is 212 g/mol. The van der Waals surface area contributed by atoms with Crippen LogP contribution in [0.4, 0.5) is 0 Å². The van der Waals surface area contributed by atoms with Gasteiger partial charge in [0, 0.05) is 26.0 Å². The van der Waals surface area contributed by atoms with Crippen LogP contribution in [0.5, 0.6) is 0 Å². The maximum atomic E-state index is 5.56. The zero-order valence-electron chi connectivity index (χ0n) is 9.27. The largest absolute Gasteiger partial charge is 0.385 e. The van der Waals surface area contributed by atoms with Crippen LogP contribution in [0.3, 0.4) is 0 Å². The molecule has 0 aliphatic rings. The van der Waals surface area contributed by atoms with Crippen molar-refractivity contribution in [1.29, 1.82) is 0 Å². The summed E-state index contributed by atoms with van der Waals surface area (Å²) in [6.07, 6.45) is 1.02. The molecule has 1 rings (SSSR count). The second kappa shape index (κ2) is 6.81. The van der Waals surface area contributed by atoms with Gasteiger partial charge in [-0.3, -0.25) is 0 Å². The lowest BCUT2D eigenvalue weighted by atomic mass is 10.5. The van der Waals surface area contributed by atoms with Gasteiger partial charge < -0.3 is 15.0 Å². The van der Waals surface area contributed by atoms with Crippen molar-refractivity contribution in [2.45, 2.75) is 31.6 Å². The molecule has 0 radical (unpaired) electrons. The molecule has 6 heteroatoms. The zero-order chi connectivity index (χ0) is 11.1. The summed E-state index contributed by atoms with van der Waals surface area (Å²) in [5, 5.41) is 9.10. The zero-order valence-corrected chi connectivity index (χ0v) is 10.1. The lowest BCUT2D eigenvalue weighted by Gasteiger charge is -2.05. The van der Waals surface area contributed by atoms with Gasteiger partial charge in [0.05, 0.1) is 6.54 Å². The Labute approximate surface area is 94.4 Å². The number of ether oxygens (including phenoxy) is 1. The third-order valence-electron chi connectivity index (χ3n) is 2.02. The van der Waals surface area contributed by atoms with Crippen LogP contribution in [0.2, 0.25) is 0 Å². The van der Waals surface area contributed by atoms with Gasteiger partial charge in [-0.25, -0.2) is 0 Å². The molecule has 1 aromatic rings. The average molecular weight is 230 g/mol. The number of rotatable bonds is 7. The lowest BCUT2D eigenvalue weighted by molar-refractivity contribution is 0.200. The van der Waals surface area contributed by atoms with Crippen molar-refractivity contribution in [2.75, 3.05) is 19.5 Å². The Morgan fingerprint density at radius 2 is 2.27 bits per heavy atom. The van der Waals surface area contributed by atoms with Crippen LogP contribution >= 0.6 is 11.8 Å². The Morgan fingerprint density at radius 1 is 1.47 bits per heavy atom. The first-order valence-corrected chi connectivity index (χ1v) is 6.05. The molecule has 0 atom stereocenters. The summed E-state index contributed by atoms with van der Waals surface area (Å²) in [4.78, 5) is 0. The molecule has 2 N–H and O–H groups in total. The van der Waals surface area contributed by atoms with Crippen molar-refractivity contribution < 1.29 is 4.74 Å². The smallest absolute Gasteiger partial charge is 0.191 e. The normalized spacial score (nSPS) is 10.9. The molecule has 86 valence electrons. The first-order chi connectivity index (χ1) is 7.33. The van der Waals surface area contributed by atoms with Crippen molar-refractivity contribution in [3.63, 3.8) is 0 Å². The Balaban J connectivity index is 2.49. The molecule has 0 aliphatic carbocycles. The van der Waals surface area contributed by atoms with E-state index in [9.17, 15) is 0 Å². The second-order valence-electron chi connectivity index (χ2n) is 3.04. The molecule has 0 aromatic carbocycles. The molecule has 0 saturated carbocycles. The fourth-order valence-electron chi connectivity index (χ4n) is 1.26. The summed E-state index contributed by atoms with van der Waals surface area (Å²) in [6.45, 7) is 4.17. The van der Waals surface area contributed by atoms with E-state index in [4.69, 9.17) is 10.5 Å². The van der Waals surface area contributed by atoms with Gasteiger partial charge in [0.2, 0.25) is 0 Å². The quantitative estimate of drug-likeness (QED) is 0.556. The fraction of sp³-hybridized carbons (Fsp3) is 0.778. The van der Waals surface area contributed by atoms with Crippen LogP contribution in [0.25, 0.3) is 0 Å². The predicted octanol–water partition coefficient (Wildman–Crippen LogP) is 0.885. The number of thioether (sulfide) groups is 1. The van der Waals surface area contributed by atoms with Crippen LogP contribution in [-0.2, 0) is 17.8 Å². The third kappa shape index (κ3) is 3.48. The molecule has 1 aromatic heterocycles. The Kier molecular flexibility index (Phi) is 5.67. The van der Waals surface area contributed by atoms with Crippen molar-refractivity contribution in [1.82, 2.24) is 14.8 Å². The van der Waals surface area contributed by atoms with Crippen LogP contribution in [0, 0.1) is 0 Å². The molecule has 0 unspecified atom stereocenters. The van der Waals surface area contributed by atoms with Crippen molar-refractivity contribution >= 4 is 11.8 Å². The molecule has 0 spiro atoms. The molecule has 0 amide bonds. The standard InChI is InChI=1S/C9H18N4OS/c1-3-13-8(7-10)11-12-9(13)15-6-4-5-14-2/h3-7,10H2,1-2H3. The summed E-state index contributed by atoms with van der Waals surface area (Å²) in [6, 6.07) is 0. The van der Waals surface area contributed by atoms with E-state index in [1.54, 1.807) is 18.9 Å². The first kappa shape index (κ1) is 12.5. The minimum absolute atomic E-state index is 0.444. The topological polar surface area (TPSA) is 66.0 Å². The summed E-state index contributed by atoms with van der Waals surface area (Å²) in [7, 11) is 1.71. The van der Waals surface area contributed by atoms with Crippen LogP contribution < -0.4 is 5.73 Å². The maximum absolute atomic E-state index is 5.56. The van der Waals surface area contributed by atoms with Crippen LogP contribution in [0.1, 0.15) is 19.2 Å². The van der Waals surface area contributed by atoms with Crippen molar-refractivity contribution in [3.8, 4) is 0 Å². The summed E-state index contributed by atoms with van der Waals surface area (Å²) < 4.78 is 7.04. The fourth-order valence-corrected chi connectivity index (χ4v) is 2.19. The molecule has 0 fully saturated rings. The van der Waals surface area contributed by atoms with Gasteiger partial charge in [-0.05, 0) is 13.3 Å². The van der Waals surface area contributed by atoms with E-state index in [0.29, 0.717) is 6.54 Å². The highest BCUT2D eigenvalue weighted by Gasteiger charge is 2.08. The van der Waals surface area contributed by atoms with E-state index < -0.39 is 0 Å². The van der Waals surface area contributed by atoms with Gasteiger partial charge in [0.25, 0.3) is 0 Å². The van der Waals surface area contributed by atoms with E-state index in [-0.39, 0.29) is 0 Å². The van der Waals surface area contributed by atoms with Gasteiger partial charge in [0.1, 0.15) is 5.82 Å². The number of aromatic nitrogens is 3. The van der Waals surface area contributed by atoms with E-state index >= 15 is 0 Å². The molecule has 1 heterocycles. The second-order valence-corrected chi connectivity index (χ2v) is 4.10. The van der Waals surface area contributed by atoms with Gasteiger partial charge in [0.15, 0.2) is 5.16 Å². The summed E-state index contributed by atoms with van der Waals surface area (Å²) in [5.74, 6) is 1.85. The number of hydrogen-bond donors (Lipinski definition) is 1. The minimum Gasteiger partial charge on any atom is -0.385 e. The van der Waals surface area contributed by atoms with Crippen molar-refractivity contribution in [3.05, 3.63) is 5.82 Å². The van der Waals surface area contributed by atoms with Gasteiger partial charge in [-0.15, -0.1) is 10.2 Å². The van der Waals surface area contributed by atoms with Gasteiger partial charge in [-0.1, -0.05) is 11.8 Å². The summed E-state index contributed by atoms with van der Waals surface area (Å²) >= 11 is 1.70. The highest BCUT2D eigenvalue weighted by Crippen LogP contribution is 2.17. The molecular formula is C9H18N4OS. The lowest BCUT2D eigenvalue weighted by Crippen LogP contribution is -2.08. The van der Waals surface area contributed by atoms with Gasteiger partial charge >= 0.3 is 0 Å². The molecule has 5 nitrogen and oxygen atoms in total. The SMILES string of the molecule is CCn1c(CN)nnc1SCCCOC. The predicted molar refractivity (Wildman–Crippen MR) is 60.8 cm³/mol. The average Bonchev–Trinajstić information content (AvgIpc) is 2.66. The van der Waals surface area contributed by atoms with Crippen LogP contribution in [0.15, 0.2) is 5.16 Å². The van der Waals surface area contributed by atoms with Crippen LogP contribution in [-0.4, -0.2) is 34.2 Å². The highest BCUT2D eigenvalue weighted by molar-refractivity contribution is 7.99. The highest BCUT2D eigenvalue weighted by atomic mass is 32.2. The van der Waals surface area contributed by atoms with E-state index in [1.807, 2.05) is 0 Å². The van der Waals surface area contributed by atoms with E-state index in [2.05, 4.69) is 21.7 Å². The Hall–Kier alpha value is -0.590.